The Bertz CT molecular complexity index is 1480. The van der Waals surface area contributed by atoms with Crippen molar-refractivity contribution in [2.24, 2.45) is 5.92 Å². The molecule has 3 amide bonds. The highest BCUT2D eigenvalue weighted by Gasteiger charge is 2.44. The van der Waals surface area contributed by atoms with E-state index in [0.29, 0.717) is 25.1 Å². The first kappa shape index (κ1) is 31.6. The summed E-state index contributed by atoms with van der Waals surface area (Å²) in [4.78, 5) is 44.4. The minimum Gasteiger partial charge on any atom is -0.497 e. The first-order chi connectivity index (χ1) is 20.9. The van der Waals surface area contributed by atoms with Gasteiger partial charge in [-0.15, -0.1) is 0 Å². The van der Waals surface area contributed by atoms with Gasteiger partial charge in [0.1, 0.15) is 11.4 Å². The molecule has 3 aromatic rings. The summed E-state index contributed by atoms with van der Waals surface area (Å²) >= 11 is 3.49. The van der Waals surface area contributed by atoms with Crippen LogP contribution in [0.5, 0.6) is 5.75 Å². The molecule has 0 radical (unpaired) electrons. The highest BCUT2D eigenvalue weighted by Crippen LogP contribution is 2.41. The molecule has 2 fully saturated rings. The van der Waals surface area contributed by atoms with Gasteiger partial charge in [0, 0.05) is 29.2 Å². The molecule has 0 bridgehead atoms. The Morgan fingerprint density at radius 2 is 1.57 bits per heavy atom. The Labute approximate surface area is 267 Å². The number of hydrogen-bond acceptors (Lipinski definition) is 5. The molecule has 0 aromatic heterocycles. The number of amides is 3. The Hall–Kier alpha value is -3.85. The van der Waals surface area contributed by atoms with Gasteiger partial charge >= 0.3 is 6.09 Å². The number of likely N-dealkylation sites (tertiary alicyclic amines) is 1. The maximum atomic E-state index is 14.2. The molecule has 2 aliphatic heterocycles. The summed E-state index contributed by atoms with van der Waals surface area (Å²) in [6.07, 6.45) is 0.816. The quantitative estimate of drug-likeness (QED) is 0.304. The van der Waals surface area contributed by atoms with Crippen LogP contribution in [0.1, 0.15) is 68.8 Å². The zero-order valence-electron chi connectivity index (χ0n) is 25.9. The maximum Gasteiger partial charge on any atom is 0.410 e. The molecule has 44 heavy (non-hydrogen) atoms. The van der Waals surface area contributed by atoms with Crippen LogP contribution >= 0.6 is 15.9 Å². The van der Waals surface area contributed by atoms with E-state index in [9.17, 15) is 14.4 Å². The summed E-state index contributed by atoms with van der Waals surface area (Å²) < 4.78 is 12.1. The lowest BCUT2D eigenvalue weighted by atomic mass is 9.83. The smallest absolute Gasteiger partial charge is 0.410 e. The van der Waals surface area contributed by atoms with Crippen LogP contribution < -0.4 is 15.0 Å². The molecular formula is C35H40BrN3O5. The van der Waals surface area contributed by atoms with E-state index >= 15 is 0 Å². The number of halogens is 1. The largest absolute Gasteiger partial charge is 0.497 e. The van der Waals surface area contributed by atoms with Gasteiger partial charge in [-0.1, -0.05) is 57.9 Å². The van der Waals surface area contributed by atoms with Crippen molar-refractivity contribution >= 4 is 39.5 Å². The molecule has 0 saturated carbocycles. The fraction of sp³-hybridized carbons (Fsp3) is 0.400. The van der Waals surface area contributed by atoms with Crippen molar-refractivity contribution in [1.82, 2.24) is 10.2 Å². The van der Waals surface area contributed by atoms with Gasteiger partial charge in [0.15, 0.2) is 0 Å². The number of methoxy groups -OCH3 is 1. The van der Waals surface area contributed by atoms with Gasteiger partial charge in [0.25, 0.3) is 0 Å². The average molecular weight is 663 g/mol. The van der Waals surface area contributed by atoms with Gasteiger partial charge in [-0.05, 0) is 88.1 Å². The first-order valence-electron chi connectivity index (χ1n) is 15.0. The van der Waals surface area contributed by atoms with E-state index in [0.717, 1.165) is 26.9 Å². The van der Waals surface area contributed by atoms with Crippen LogP contribution in [-0.4, -0.2) is 48.1 Å². The van der Waals surface area contributed by atoms with Crippen LogP contribution in [-0.2, 0) is 14.3 Å². The molecule has 9 heteroatoms. The van der Waals surface area contributed by atoms with E-state index in [1.54, 1.807) is 16.9 Å². The van der Waals surface area contributed by atoms with Crippen molar-refractivity contribution < 1.29 is 23.9 Å². The van der Waals surface area contributed by atoms with Crippen LogP contribution in [0, 0.1) is 12.8 Å². The van der Waals surface area contributed by atoms with Crippen molar-refractivity contribution in [2.45, 2.75) is 70.7 Å². The second-order valence-corrected chi connectivity index (χ2v) is 13.5. The van der Waals surface area contributed by atoms with Crippen LogP contribution in [0.4, 0.5) is 10.5 Å². The summed E-state index contributed by atoms with van der Waals surface area (Å²) in [6, 6.07) is 22.2. The highest BCUT2D eigenvalue weighted by atomic mass is 79.9. The molecule has 2 saturated heterocycles. The number of hydrogen-bond donors (Lipinski definition) is 1. The third-order valence-electron chi connectivity index (χ3n) is 8.23. The van der Waals surface area contributed by atoms with E-state index in [2.05, 4.69) is 21.2 Å². The van der Waals surface area contributed by atoms with Crippen molar-refractivity contribution in [2.75, 3.05) is 18.6 Å². The minimum absolute atomic E-state index is 0.0222. The SMILES string of the molecule is COc1ccc(C2C(C(=O)NC3CC(c4ccc(Br)cc4)N(C(=O)OC(C)(C)C)C3)CCC(=O)N2c2ccc(C)cc2)cc1. The number of piperidine rings is 1. The molecule has 5 rings (SSSR count). The molecule has 4 unspecified atom stereocenters. The van der Waals surface area contributed by atoms with Crippen molar-refractivity contribution in [3.8, 4) is 5.75 Å². The normalized spacial score (nSPS) is 22.1. The lowest BCUT2D eigenvalue weighted by Gasteiger charge is -2.41. The van der Waals surface area contributed by atoms with Crippen LogP contribution in [0.15, 0.2) is 77.3 Å². The van der Waals surface area contributed by atoms with E-state index in [1.165, 1.54) is 0 Å². The lowest BCUT2D eigenvalue weighted by molar-refractivity contribution is -0.129. The molecule has 4 atom stereocenters. The van der Waals surface area contributed by atoms with Gasteiger partial charge in [-0.25, -0.2) is 4.79 Å². The lowest BCUT2D eigenvalue weighted by Crippen LogP contribution is -2.50. The predicted molar refractivity (Wildman–Crippen MR) is 173 cm³/mol. The van der Waals surface area contributed by atoms with Gasteiger partial charge in [-0.3, -0.25) is 14.5 Å². The maximum absolute atomic E-state index is 14.2. The fourth-order valence-electron chi connectivity index (χ4n) is 6.13. The number of carbonyl (C=O) groups is 3. The predicted octanol–water partition coefficient (Wildman–Crippen LogP) is 7.12. The summed E-state index contributed by atoms with van der Waals surface area (Å²) in [5.74, 6) is 0.0436. The number of benzene rings is 3. The molecule has 0 spiro atoms. The van der Waals surface area contributed by atoms with Crippen LogP contribution in [0.3, 0.4) is 0 Å². The fourth-order valence-corrected chi connectivity index (χ4v) is 6.40. The molecule has 2 aliphatic rings. The third-order valence-corrected chi connectivity index (χ3v) is 8.76. The Morgan fingerprint density at radius 3 is 2.18 bits per heavy atom. The van der Waals surface area contributed by atoms with E-state index < -0.39 is 23.7 Å². The van der Waals surface area contributed by atoms with Crippen LogP contribution in [0.25, 0.3) is 0 Å². The molecule has 232 valence electrons. The number of nitrogens with one attached hydrogen (secondary N) is 1. The van der Waals surface area contributed by atoms with Gasteiger partial charge in [0.2, 0.25) is 11.8 Å². The molecule has 0 aliphatic carbocycles. The minimum atomic E-state index is -0.650. The van der Waals surface area contributed by atoms with Crippen LogP contribution in [0.2, 0.25) is 0 Å². The number of anilines is 1. The van der Waals surface area contributed by atoms with Gasteiger partial charge < -0.3 is 19.7 Å². The number of nitrogens with zero attached hydrogens (tertiary/aromatic N) is 2. The summed E-state index contributed by atoms with van der Waals surface area (Å²) in [5, 5.41) is 3.27. The summed E-state index contributed by atoms with van der Waals surface area (Å²) in [6.45, 7) is 7.86. The van der Waals surface area contributed by atoms with Crippen molar-refractivity contribution in [3.63, 3.8) is 0 Å². The zero-order chi connectivity index (χ0) is 31.6. The number of rotatable bonds is 6. The van der Waals surface area contributed by atoms with Crippen molar-refractivity contribution in [1.29, 1.82) is 0 Å². The number of aryl methyl sites for hydroxylation is 1. The average Bonchev–Trinajstić information content (AvgIpc) is 3.41. The van der Waals surface area contributed by atoms with E-state index in [4.69, 9.17) is 9.47 Å². The van der Waals surface area contributed by atoms with Gasteiger partial charge in [0.05, 0.1) is 25.1 Å². The Morgan fingerprint density at radius 1 is 0.932 bits per heavy atom. The molecule has 2 heterocycles. The number of carbonyl (C=O) groups excluding carboxylic acids is 3. The molecule has 3 aromatic carbocycles. The highest BCUT2D eigenvalue weighted by molar-refractivity contribution is 9.10. The first-order valence-corrected chi connectivity index (χ1v) is 15.8. The molecule has 8 nitrogen and oxygen atoms in total. The summed E-state index contributed by atoms with van der Waals surface area (Å²) in [7, 11) is 1.61. The monoisotopic (exact) mass is 661 g/mol. The zero-order valence-corrected chi connectivity index (χ0v) is 27.5. The molecular weight excluding hydrogens is 622 g/mol. The second-order valence-electron chi connectivity index (χ2n) is 12.6. The van der Waals surface area contributed by atoms with E-state index in [1.807, 2.05) is 100 Å². The standard InChI is InChI=1S/C35H40BrN3O5/c1-22-6-14-27(15-7-22)39-31(40)19-18-29(32(39)24-10-16-28(43-5)17-11-24)33(41)37-26-20-30(23-8-12-25(36)13-9-23)38(21-26)34(42)44-35(2,3)4/h6-17,26,29-30,32H,18-21H2,1-5H3,(H,37,41). The number of ether oxygens (including phenoxy) is 2. The Kier molecular flexibility index (Phi) is 9.34. The molecule has 1 N–H and O–H groups in total. The Balaban J connectivity index is 1.43. The second kappa shape index (κ2) is 13.0. The van der Waals surface area contributed by atoms with Crippen molar-refractivity contribution in [3.05, 3.63) is 94.0 Å². The third kappa shape index (κ3) is 7.09. The topological polar surface area (TPSA) is 88.2 Å². The summed E-state index contributed by atoms with van der Waals surface area (Å²) in [5.41, 5.74) is 3.02. The van der Waals surface area contributed by atoms with Gasteiger partial charge in [-0.2, -0.15) is 0 Å². The van der Waals surface area contributed by atoms with E-state index in [-0.39, 0.29) is 30.3 Å².